The van der Waals surface area contributed by atoms with E-state index in [1.165, 1.54) is 13.2 Å². The maximum atomic E-state index is 12.7. The van der Waals surface area contributed by atoms with Crippen LogP contribution in [0.5, 0.6) is 5.75 Å². The van der Waals surface area contributed by atoms with E-state index in [0.29, 0.717) is 5.56 Å². The van der Waals surface area contributed by atoms with E-state index in [-0.39, 0.29) is 36.1 Å². The van der Waals surface area contributed by atoms with Gasteiger partial charge in [-0.25, -0.2) is 4.79 Å². The Morgan fingerprint density at radius 1 is 1.26 bits per heavy atom. The van der Waals surface area contributed by atoms with E-state index in [9.17, 15) is 19.5 Å². The number of fused-ring (bicyclic) bond motifs is 1. The minimum atomic E-state index is -1.10. The summed E-state index contributed by atoms with van der Waals surface area (Å²) in [5.74, 6) is -1.80. The summed E-state index contributed by atoms with van der Waals surface area (Å²) in [4.78, 5) is 37.8. The number of hydrogen-bond donors (Lipinski definition) is 2. The van der Waals surface area contributed by atoms with E-state index >= 15 is 0 Å². The first-order valence-electron chi connectivity index (χ1n) is 8.45. The third-order valence-corrected chi connectivity index (χ3v) is 4.70. The summed E-state index contributed by atoms with van der Waals surface area (Å²) in [5.41, 5.74) is 2.20. The molecule has 7 nitrogen and oxygen atoms in total. The van der Waals surface area contributed by atoms with E-state index in [0.717, 1.165) is 11.3 Å². The third kappa shape index (κ3) is 3.62. The molecule has 1 aliphatic rings. The Morgan fingerprint density at radius 2 is 2.00 bits per heavy atom. The zero-order valence-corrected chi connectivity index (χ0v) is 15.1. The Kier molecular flexibility index (Phi) is 5.12. The summed E-state index contributed by atoms with van der Waals surface area (Å²) < 4.78 is 5.03. The van der Waals surface area contributed by atoms with E-state index in [1.54, 1.807) is 24.1 Å². The molecule has 0 saturated carbocycles. The molecule has 1 atom stereocenters. The highest BCUT2D eigenvalue weighted by Gasteiger charge is 2.33. The van der Waals surface area contributed by atoms with Crippen molar-refractivity contribution in [3.05, 3.63) is 59.2 Å². The molecular weight excluding hydrogens is 348 g/mol. The third-order valence-electron chi connectivity index (χ3n) is 4.70. The van der Waals surface area contributed by atoms with Crippen LogP contribution in [-0.4, -0.2) is 37.0 Å². The lowest BCUT2D eigenvalue weighted by atomic mass is 9.89. The largest absolute Gasteiger partial charge is 0.496 e. The Labute approximate surface area is 156 Å². The number of rotatable bonds is 5. The number of amides is 2. The van der Waals surface area contributed by atoms with Crippen molar-refractivity contribution in [2.75, 3.05) is 19.1 Å². The molecule has 0 saturated heterocycles. The Hall–Kier alpha value is -3.35. The molecule has 0 bridgehead atoms. The highest BCUT2D eigenvalue weighted by molar-refractivity contribution is 6.02. The normalized spacial score (nSPS) is 15.9. The van der Waals surface area contributed by atoms with E-state index in [1.807, 2.05) is 24.3 Å². The first kappa shape index (κ1) is 18.4. The lowest BCUT2D eigenvalue weighted by Crippen LogP contribution is -2.39. The molecule has 0 aromatic heterocycles. The fraction of sp³-hybridized carbons (Fsp3) is 0.250. The minimum absolute atomic E-state index is 0.0315. The molecule has 0 spiro atoms. The quantitative estimate of drug-likeness (QED) is 0.843. The molecule has 7 heteroatoms. The Morgan fingerprint density at radius 3 is 2.70 bits per heavy atom. The summed E-state index contributed by atoms with van der Waals surface area (Å²) in [6.45, 7) is 0.159. The average Bonchev–Trinajstić information content (AvgIpc) is 2.68. The highest BCUT2D eigenvalue weighted by atomic mass is 16.5. The second-order valence-electron chi connectivity index (χ2n) is 6.33. The molecule has 2 N–H and O–H groups in total. The number of anilines is 1. The number of methoxy groups -OCH3 is 1. The van der Waals surface area contributed by atoms with Crippen molar-refractivity contribution in [1.29, 1.82) is 0 Å². The van der Waals surface area contributed by atoms with Gasteiger partial charge in [0.05, 0.1) is 13.0 Å². The Bertz CT molecular complexity index is 909. The van der Waals surface area contributed by atoms with Crippen LogP contribution < -0.4 is 15.0 Å². The molecule has 2 amide bonds. The number of nitrogens with zero attached hydrogens (tertiary/aromatic N) is 1. The number of aromatic carboxylic acids is 1. The van der Waals surface area contributed by atoms with Crippen LogP contribution >= 0.6 is 0 Å². The van der Waals surface area contributed by atoms with Crippen molar-refractivity contribution in [1.82, 2.24) is 5.32 Å². The van der Waals surface area contributed by atoms with E-state index < -0.39 is 11.9 Å². The molecule has 2 aromatic carbocycles. The number of benzene rings is 2. The lowest BCUT2D eigenvalue weighted by molar-refractivity contribution is -0.127. The van der Waals surface area contributed by atoms with Gasteiger partial charge in [0, 0.05) is 25.7 Å². The van der Waals surface area contributed by atoms with Gasteiger partial charge in [0.1, 0.15) is 11.3 Å². The van der Waals surface area contributed by atoms with Gasteiger partial charge in [0.25, 0.3) is 0 Å². The van der Waals surface area contributed by atoms with Crippen LogP contribution in [0.4, 0.5) is 5.69 Å². The van der Waals surface area contributed by atoms with Crippen molar-refractivity contribution in [2.45, 2.75) is 18.9 Å². The molecule has 0 aliphatic carbocycles. The summed E-state index contributed by atoms with van der Waals surface area (Å²) in [6, 6.07) is 12.0. The molecular formula is C20H20N2O5. The number of carboxylic acids is 1. The Balaban J connectivity index is 1.77. The number of carbonyl (C=O) groups excluding carboxylic acids is 2. The molecule has 0 unspecified atom stereocenters. The second-order valence-corrected chi connectivity index (χ2v) is 6.33. The van der Waals surface area contributed by atoms with Crippen LogP contribution in [-0.2, 0) is 16.1 Å². The molecule has 2 aromatic rings. The van der Waals surface area contributed by atoms with E-state index in [4.69, 9.17) is 4.74 Å². The lowest BCUT2D eigenvalue weighted by Gasteiger charge is -2.30. The van der Waals surface area contributed by atoms with Crippen molar-refractivity contribution in [3.63, 3.8) is 0 Å². The van der Waals surface area contributed by atoms with Gasteiger partial charge in [0.2, 0.25) is 11.8 Å². The zero-order valence-electron chi connectivity index (χ0n) is 15.1. The molecule has 0 radical (unpaired) electrons. The van der Waals surface area contributed by atoms with Gasteiger partial charge in [-0.1, -0.05) is 24.3 Å². The van der Waals surface area contributed by atoms with Crippen LogP contribution in [0.2, 0.25) is 0 Å². The van der Waals surface area contributed by atoms with Crippen LogP contribution in [0.25, 0.3) is 0 Å². The van der Waals surface area contributed by atoms with Crippen molar-refractivity contribution in [3.8, 4) is 5.75 Å². The SMILES string of the molecule is COc1ccc(CNC(=O)[C@@H]2CC(=O)N(C)c3ccccc32)cc1C(=O)O. The van der Waals surface area contributed by atoms with Gasteiger partial charge >= 0.3 is 5.97 Å². The number of ether oxygens (including phenoxy) is 1. The van der Waals surface area contributed by atoms with Gasteiger partial charge in [0.15, 0.2) is 0 Å². The fourth-order valence-electron chi connectivity index (χ4n) is 3.22. The maximum Gasteiger partial charge on any atom is 0.339 e. The highest BCUT2D eigenvalue weighted by Crippen LogP contribution is 2.35. The molecule has 27 heavy (non-hydrogen) atoms. The molecule has 0 fully saturated rings. The predicted molar refractivity (Wildman–Crippen MR) is 99.0 cm³/mol. The minimum Gasteiger partial charge on any atom is -0.496 e. The van der Waals surface area contributed by atoms with E-state index in [2.05, 4.69) is 5.32 Å². The number of hydrogen-bond acceptors (Lipinski definition) is 4. The van der Waals surface area contributed by atoms with Gasteiger partial charge in [-0.3, -0.25) is 9.59 Å². The number of para-hydroxylation sites is 1. The molecule has 3 rings (SSSR count). The number of carboxylic acid groups (broad SMARTS) is 1. The number of nitrogens with one attached hydrogen (secondary N) is 1. The summed E-state index contributed by atoms with van der Waals surface area (Å²) >= 11 is 0. The number of carbonyl (C=O) groups is 3. The zero-order chi connectivity index (χ0) is 19.6. The molecule has 140 valence electrons. The molecule has 1 aliphatic heterocycles. The van der Waals surface area contributed by atoms with Crippen LogP contribution in [0, 0.1) is 0 Å². The summed E-state index contributed by atoms with van der Waals surface area (Å²) in [7, 11) is 3.10. The predicted octanol–water partition coefficient (Wildman–Crippen LogP) is 2.16. The first-order chi connectivity index (χ1) is 12.9. The average molecular weight is 368 g/mol. The van der Waals surface area contributed by atoms with Gasteiger partial charge < -0.3 is 20.1 Å². The van der Waals surface area contributed by atoms with Crippen LogP contribution in [0.3, 0.4) is 0 Å². The van der Waals surface area contributed by atoms with Gasteiger partial charge in [-0.05, 0) is 29.3 Å². The monoisotopic (exact) mass is 368 g/mol. The van der Waals surface area contributed by atoms with Crippen molar-refractivity contribution >= 4 is 23.5 Å². The smallest absolute Gasteiger partial charge is 0.339 e. The van der Waals surface area contributed by atoms with Gasteiger partial charge in [-0.15, -0.1) is 0 Å². The van der Waals surface area contributed by atoms with Crippen LogP contribution in [0.1, 0.15) is 33.8 Å². The molecule has 1 heterocycles. The summed E-state index contributed by atoms with van der Waals surface area (Å²) in [5, 5.41) is 12.1. The fourth-order valence-corrected chi connectivity index (χ4v) is 3.22. The second kappa shape index (κ2) is 7.49. The van der Waals surface area contributed by atoms with Crippen molar-refractivity contribution in [2.24, 2.45) is 0 Å². The summed E-state index contributed by atoms with van der Waals surface area (Å²) in [6.07, 6.45) is 0.0995. The van der Waals surface area contributed by atoms with Crippen molar-refractivity contribution < 1.29 is 24.2 Å². The topological polar surface area (TPSA) is 95.9 Å². The first-order valence-corrected chi connectivity index (χ1v) is 8.45. The standard InChI is InChI=1S/C20H20N2O5/c1-22-16-6-4-3-5-13(16)14(10-18(22)23)19(24)21-11-12-7-8-17(27-2)15(9-12)20(25)26/h3-9,14H,10-11H2,1-2H3,(H,21,24)(H,25,26)/t14-/m1/s1. The maximum absolute atomic E-state index is 12.7. The van der Waals surface area contributed by atoms with Gasteiger partial charge in [-0.2, -0.15) is 0 Å². The van der Waals surface area contributed by atoms with Crippen LogP contribution in [0.15, 0.2) is 42.5 Å².